The van der Waals surface area contributed by atoms with Crippen molar-refractivity contribution in [2.24, 2.45) is 28.6 Å². The Kier molecular flexibility index (Phi) is 6.30. The zero-order valence-corrected chi connectivity index (χ0v) is 20.6. The van der Waals surface area contributed by atoms with Crippen LogP contribution in [0.15, 0.2) is 23.8 Å². The SMILES string of the molecule is C=C1CC2C(C(OC(=O)C(F)(F)F)CC3(C)C2CCC3(O)C(=O)COC(C)=O)C2(C)CCC(=O)C=C12. The van der Waals surface area contributed by atoms with Crippen LogP contribution in [0.4, 0.5) is 13.2 Å². The van der Waals surface area contributed by atoms with Crippen molar-refractivity contribution in [1.82, 2.24) is 0 Å². The maximum atomic E-state index is 13.3. The average Bonchev–Trinajstić information content (AvgIpc) is 3.04. The summed E-state index contributed by atoms with van der Waals surface area (Å²) >= 11 is 0. The van der Waals surface area contributed by atoms with Crippen molar-refractivity contribution in [2.45, 2.75) is 77.2 Å². The van der Waals surface area contributed by atoms with Gasteiger partial charge in [-0.05, 0) is 61.0 Å². The van der Waals surface area contributed by atoms with Gasteiger partial charge >= 0.3 is 18.1 Å². The molecule has 4 rings (SSSR count). The van der Waals surface area contributed by atoms with Crippen molar-refractivity contribution in [3.63, 3.8) is 0 Å². The van der Waals surface area contributed by atoms with Gasteiger partial charge in [0, 0.05) is 24.7 Å². The molecule has 7 unspecified atom stereocenters. The van der Waals surface area contributed by atoms with Gasteiger partial charge in [-0.3, -0.25) is 14.4 Å². The molecule has 0 saturated heterocycles. The molecular formula is C26H31F3O7. The van der Waals surface area contributed by atoms with Crippen LogP contribution in [0.25, 0.3) is 0 Å². The maximum Gasteiger partial charge on any atom is 0.490 e. The summed E-state index contributed by atoms with van der Waals surface area (Å²) in [5, 5.41) is 11.6. The second kappa shape index (κ2) is 8.53. The molecule has 4 aliphatic rings. The number of esters is 2. The van der Waals surface area contributed by atoms with Crippen LogP contribution in [0.5, 0.6) is 0 Å². The van der Waals surface area contributed by atoms with E-state index in [1.807, 2.05) is 6.92 Å². The summed E-state index contributed by atoms with van der Waals surface area (Å²) < 4.78 is 49.8. The number of carbonyl (C=O) groups is 4. The van der Waals surface area contributed by atoms with Crippen LogP contribution in [0.2, 0.25) is 0 Å². The van der Waals surface area contributed by atoms with Crippen molar-refractivity contribution < 1.29 is 46.9 Å². The first-order chi connectivity index (χ1) is 16.5. The van der Waals surface area contributed by atoms with Gasteiger partial charge in [-0.1, -0.05) is 26.0 Å². The Labute approximate surface area is 207 Å². The minimum Gasteiger partial charge on any atom is -0.458 e. The van der Waals surface area contributed by atoms with Gasteiger partial charge < -0.3 is 14.6 Å². The van der Waals surface area contributed by atoms with E-state index < -0.39 is 59.0 Å². The van der Waals surface area contributed by atoms with Crippen LogP contribution in [-0.4, -0.2) is 53.1 Å². The fourth-order valence-electron chi connectivity index (χ4n) is 7.73. The lowest BCUT2D eigenvalue weighted by Gasteiger charge is -2.61. The van der Waals surface area contributed by atoms with Crippen LogP contribution >= 0.6 is 0 Å². The molecule has 3 saturated carbocycles. The first kappa shape index (κ1) is 26.6. The Balaban J connectivity index is 1.79. The number of ether oxygens (including phenoxy) is 2. The minimum atomic E-state index is -5.22. The second-order valence-electron chi connectivity index (χ2n) is 11.2. The molecule has 0 radical (unpaired) electrons. The number of carbonyl (C=O) groups excluding carboxylic acids is 4. The Morgan fingerprint density at radius 3 is 2.50 bits per heavy atom. The second-order valence-corrected chi connectivity index (χ2v) is 11.2. The van der Waals surface area contributed by atoms with E-state index in [0.717, 1.165) is 6.92 Å². The number of rotatable bonds is 4. The lowest BCUT2D eigenvalue weighted by molar-refractivity contribution is -0.225. The van der Waals surface area contributed by atoms with E-state index in [1.54, 1.807) is 6.92 Å². The number of allylic oxidation sites excluding steroid dienone is 2. The van der Waals surface area contributed by atoms with Crippen molar-refractivity contribution >= 4 is 23.5 Å². The Morgan fingerprint density at radius 1 is 1.22 bits per heavy atom. The third-order valence-electron chi connectivity index (χ3n) is 9.35. The van der Waals surface area contributed by atoms with Gasteiger partial charge in [0.2, 0.25) is 5.78 Å². The number of ketones is 2. The van der Waals surface area contributed by atoms with Gasteiger partial charge in [-0.2, -0.15) is 13.2 Å². The molecule has 0 aromatic heterocycles. The van der Waals surface area contributed by atoms with Gasteiger partial charge in [0.1, 0.15) is 11.7 Å². The first-order valence-electron chi connectivity index (χ1n) is 12.1. The molecule has 3 fully saturated rings. The Bertz CT molecular complexity index is 1060. The van der Waals surface area contributed by atoms with Crippen molar-refractivity contribution in [3.05, 3.63) is 23.8 Å². The Morgan fingerprint density at radius 2 is 1.89 bits per heavy atom. The fraction of sp³-hybridized carbons (Fsp3) is 0.692. The molecule has 0 amide bonds. The summed E-state index contributed by atoms with van der Waals surface area (Å²) in [5.41, 5.74) is -2.59. The molecule has 0 spiro atoms. The number of alkyl halides is 3. The number of halogens is 3. The average molecular weight is 513 g/mol. The van der Waals surface area contributed by atoms with Crippen LogP contribution in [-0.2, 0) is 28.7 Å². The lowest BCUT2D eigenvalue weighted by atomic mass is 9.44. The number of Topliss-reactive ketones (excluding diaryl/α,β-unsaturated/α-hetero) is 1. The van der Waals surface area contributed by atoms with Gasteiger partial charge in [-0.25, -0.2) is 4.79 Å². The number of fused-ring (bicyclic) bond motifs is 5. The molecule has 1 N–H and O–H groups in total. The van der Waals surface area contributed by atoms with Crippen molar-refractivity contribution in [1.29, 1.82) is 0 Å². The highest BCUT2D eigenvalue weighted by Crippen LogP contribution is 2.68. The van der Waals surface area contributed by atoms with Crippen LogP contribution in [0, 0.1) is 28.6 Å². The predicted molar refractivity (Wildman–Crippen MR) is 119 cm³/mol. The number of aliphatic hydroxyl groups is 1. The highest BCUT2D eigenvalue weighted by molar-refractivity contribution is 5.93. The van der Waals surface area contributed by atoms with Crippen LogP contribution < -0.4 is 0 Å². The summed E-state index contributed by atoms with van der Waals surface area (Å²) in [7, 11) is 0. The predicted octanol–water partition coefficient (Wildman–Crippen LogP) is 3.63. The minimum absolute atomic E-state index is 0.0434. The highest BCUT2D eigenvalue weighted by Gasteiger charge is 2.70. The highest BCUT2D eigenvalue weighted by atomic mass is 19.4. The summed E-state index contributed by atoms with van der Waals surface area (Å²) in [6.45, 7) is 8.14. The molecule has 0 aromatic rings. The summed E-state index contributed by atoms with van der Waals surface area (Å²) in [5.74, 6) is -5.03. The van der Waals surface area contributed by atoms with Gasteiger partial charge in [0.15, 0.2) is 12.4 Å². The van der Waals surface area contributed by atoms with E-state index in [4.69, 9.17) is 9.47 Å². The van der Waals surface area contributed by atoms with Crippen molar-refractivity contribution in [3.8, 4) is 0 Å². The van der Waals surface area contributed by atoms with Gasteiger partial charge in [0.25, 0.3) is 0 Å². The van der Waals surface area contributed by atoms with E-state index in [-0.39, 0.29) is 36.9 Å². The maximum absolute atomic E-state index is 13.3. The van der Waals surface area contributed by atoms with Crippen LogP contribution in [0.1, 0.15) is 59.3 Å². The van der Waals surface area contributed by atoms with E-state index in [9.17, 15) is 37.5 Å². The molecule has 36 heavy (non-hydrogen) atoms. The summed E-state index contributed by atoms with van der Waals surface area (Å²) in [6, 6.07) is 0. The van der Waals surface area contributed by atoms with E-state index in [0.29, 0.717) is 30.4 Å². The zero-order chi connectivity index (χ0) is 26.8. The fourth-order valence-corrected chi connectivity index (χ4v) is 7.73. The lowest BCUT2D eigenvalue weighted by Crippen LogP contribution is -2.63. The standard InChI is InChI=1S/C26H31F3O7/c1-13-9-16-17-6-8-25(34,20(32)12-35-14(2)30)24(17,4)11-19(36-22(33)26(27,28)29)21(16)23(3)7-5-15(31)10-18(13)23/h10,16-17,19,21,34H,1,5-9,11-12H2,2-4H3. The van der Waals surface area contributed by atoms with E-state index >= 15 is 0 Å². The van der Waals surface area contributed by atoms with E-state index in [2.05, 4.69) is 6.58 Å². The molecule has 0 bridgehead atoms. The van der Waals surface area contributed by atoms with Crippen LogP contribution in [0.3, 0.4) is 0 Å². The number of hydrogen-bond acceptors (Lipinski definition) is 7. The molecule has 198 valence electrons. The molecule has 0 aromatic carbocycles. The topological polar surface area (TPSA) is 107 Å². The molecule has 7 nitrogen and oxygen atoms in total. The Hall–Kier alpha value is -2.49. The normalized spacial score (nSPS) is 39.9. The molecular weight excluding hydrogens is 481 g/mol. The summed E-state index contributed by atoms with van der Waals surface area (Å²) in [4.78, 5) is 48.6. The summed E-state index contributed by atoms with van der Waals surface area (Å²) in [6.07, 6.45) is -3.76. The largest absolute Gasteiger partial charge is 0.490 e. The van der Waals surface area contributed by atoms with Crippen molar-refractivity contribution in [2.75, 3.05) is 6.61 Å². The molecule has 0 aliphatic heterocycles. The van der Waals surface area contributed by atoms with Gasteiger partial charge in [0.05, 0.1) is 0 Å². The monoisotopic (exact) mass is 512 g/mol. The third-order valence-corrected chi connectivity index (χ3v) is 9.35. The van der Waals surface area contributed by atoms with Gasteiger partial charge in [-0.15, -0.1) is 0 Å². The smallest absolute Gasteiger partial charge is 0.458 e. The first-order valence-corrected chi connectivity index (χ1v) is 12.1. The third kappa shape index (κ3) is 3.92. The molecule has 7 atom stereocenters. The molecule has 4 aliphatic carbocycles. The quantitative estimate of drug-likeness (QED) is 0.574. The zero-order valence-electron chi connectivity index (χ0n) is 20.6. The molecule has 10 heteroatoms. The van der Waals surface area contributed by atoms with E-state index in [1.165, 1.54) is 6.08 Å². The number of hydrogen-bond donors (Lipinski definition) is 1. The molecule has 0 heterocycles.